The zero-order valence-corrected chi connectivity index (χ0v) is 13.8. The van der Waals surface area contributed by atoms with Crippen molar-refractivity contribution in [3.63, 3.8) is 0 Å². The third-order valence-corrected chi connectivity index (χ3v) is 5.58. The van der Waals surface area contributed by atoms with Crippen LogP contribution >= 0.6 is 7.92 Å². The van der Waals surface area contributed by atoms with Gasteiger partial charge in [-0.2, -0.15) is 0 Å². The second kappa shape index (κ2) is 9.50. The van der Waals surface area contributed by atoms with Crippen LogP contribution in [-0.2, 0) is 4.79 Å². The minimum Gasteiger partial charge on any atom is -0.299 e. The maximum atomic E-state index is 9.06. The molecule has 3 rings (SSSR count). The van der Waals surface area contributed by atoms with E-state index in [0.29, 0.717) is 6.29 Å². The molecule has 0 saturated carbocycles. The van der Waals surface area contributed by atoms with Crippen LogP contribution in [0, 0.1) is 0 Å². The van der Waals surface area contributed by atoms with Crippen LogP contribution in [0.3, 0.4) is 0 Å². The molecule has 0 unspecified atom stereocenters. The third kappa shape index (κ3) is 5.02. The summed E-state index contributed by atoms with van der Waals surface area (Å²) in [6, 6.07) is 32.3. The van der Waals surface area contributed by atoms with Gasteiger partial charge in [-0.3, -0.25) is 4.79 Å². The Balaban J connectivity index is 0.000000433. The summed E-state index contributed by atoms with van der Waals surface area (Å²) in [7, 11) is -0.446. The molecule has 0 bridgehead atoms. The second-order valence-electron chi connectivity index (χ2n) is 4.71. The molecule has 0 radical (unpaired) electrons. The van der Waals surface area contributed by atoms with Crippen molar-refractivity contribution in [2.24, 2.45) is 0 Å². The van der Waals surface area contributed by atoms with Crippen LogP contribution < -0.4 is 15.9 Å². The molecule has 114 valence electrons. The fourth-order valence-corrected chi connectivity index (χ4v) is 4.48. The summed E-state index contributed by atoms with van der Waals surface area (Å²) < 4.78 is 0. The molecule has 0 amide bonds. The van der Waals surface area contributed by atoms with Crippen LogP contribution in [0.5, 0.6) is 0 Å². The van der Waals surface area contributed by atoms with Gasteiger partial charge in [0.15, 0.2) is 0 Å². The van der Waals surface area contributed by atoms with E-state index in [1.54, 1.807) is 0 Å². The lowest BCUT2D eigenvalue weighted by Gasteiger charge is -2.18. The molecule has 0 saturated heterocycles. The van der Waals surface area contributed by atoms with Crippen molar-refractivity contribution in [1.82, 2.24) is 0 Å². The first-order chi connectivity index (χ1) is 11.4. The Kier molecular flexibility index (Phi) is 6.97. The number of benzene rings is 3. The highest BCUT2D eigenvalue weighted by Gasteiger charge is 2.14. The quantitative estimate of drug-likeness (QED) is 0.406. The predicted octanol–water partition coefficient (Wildman–Crippen LogP) is 3.82. The fourth-order valence-electron chi connectivity index (χ4n) is 2.18. The first-order valence-corrected chi connectivity index (χ1v) is 8.72. The predicted molar refractivity (Wildman–Crippen MR) is 101 cm³/mol. The van der Waals surface area contributed by atoms with Gasteiger partial charge in [0.25, 0.3) is 0 Å². The topological polar surface area (TPSA) is 17.1 Å². The standard InChI is InChI=1S/C18H15P.C3H4O/c1-4-10-16(11-5-1)19(17-12-6-2-7-13-17)18-14-8-3-9-15-18;1-2-3-4/h1-15H;2-3H,1H2. The molecule has 2 heteroatoms. The van der Waals surface area contributed by atoms with Gasteiger partial charge in [-0.15, -0.1) is 0 Å². The van der Waals surface area contributed by atoms with Crippen molar-refractivity contribution in [2.75, 3.05) is 0 Å². The molecule has 3 aromatic rings. The van der Waals surface area contributed by atoms with Crippen LogP contribution in [-0.4, -0.2) is 6.29 Å². The maximum Gasteiger partial charge on any atom is 0.142 e. The molecule has 0 aliphatic heterocycles. The summed E-state index contributed by atoms with van der Waals surface area (Å²) in [5.41, 5.74) is 0. The van der Waals surface area contributed by atoms with Gasteiger partial charge in [0, 0.05) is 0 Å². The van der Waals surface area contributed by atoms with E-state index in [0.717, 1.165) is 0 Å². The zero-order chi connectivity index (χ0) is 16.3. The third-order valence-electron chi connectivity index (χ3n) is 3.14. The molecular weight excluding hydrogens is 299 g/mol. The van der Waals surface area contributed by atoms with Crippen molar-refractivity contribution in [3.05, 3.63) is 104 Å². The van der Waals surface area contributed by atoms with Gasteiger partial charge in [0.2, 0.25) is 0 Å². The number of rotatable bonds is 4. The van der Waals surface area contributed by atoms with E-state index in [4.69, 9.17) is 4.79 Å². The van der Waals surface area contributed by atoms with E-state index in [1.807, 2.05) is 0 Å². The van der Waals surface area contributed by atoms with Crippen LogP contribution in [0.1, 0.15) is 0 Å². The first-order valence-electron chi connectivity index (χ1n) is 7.38. The van der Waals surface area contributed by atoms with E-state index in [-0.39, 0.29) is 0 Å². The van der Waals surface area contributed by atoms with Gasteiger partial charge in [0.05, 0.1) is 0 Å². The summed E-state index contributed by atoms with van der Waals surface area (Å²) in [5, 5.41) is 4.19. The van der Waals surface area contributed by atoms with Crippen molar-refractivity contribution >= 4 is 30.1 Å². The number of hydrogen-bond donors (Lipinski definition) is 0. The highest BCUT2D eigenvalue weighted by Crippen LogP contribution is 2.32. The number of allylic oxidation sites excluding steroid dienone is 1. The van der Waals surface area contributed by atoms with Crippen molar-refractivity contribution in [3.8, 4) is 0 Å². The molecule has 0 N–H and O–H groups in total. The van der Waals surface area contributed by atoms with E-state index in [1.165, 1.54) is 22.0 Å². The highest BCUT2D eigenvalue weighted by atomic mass is 31.1. The number of aldehydes is 1. The van der Waals surface area contributed by atoms with Crippen LogP contribution in [0.2, 0.25) is 0 Å². The molecule has 0 atom stereocenters. The van der Waals surface area contributed by atoms with Gasteiger partial charge in [-0.05, 0) is 29.9 Å². The molecule has 0 spiro atoms. The van der Waals surface area contributed by atoms with E-state index in [2.05, 4.69) is 97.6 Å². The molecule has 1 nitrogen and oxygen atoms in total. The van der Waals surface area contributed by atoms with Gasteiger partial charge in [-0.25, -0.2) is 0 Å². The largest absolute Gasteiger partial charge is 0.299 e. The molecule has 23 heavy (non-hydrogen) atoms. The minimum absolute atomic E-state index is 0.446. The molecule has 0 fully saturated rings. The Bertz CT molecular complexity index is 609. The monoisotopic (exact) mass is 318 g/mol. The van der Waals surface area contributed by atoms with E-state index in [9.17, 15) is 0 Å². The zero-order valence-electron chi connectivity index (χ0n) is 12.9. The Morgan fingerprint density at radius 3 is 1.09 bits per heavy atom. The summed E-state index contributed by atoms with van der Waals surface area (Å²) in [6.07, 6.45) is 1.83. The summed E-state index contributed by atoms with van der Waals surface area (Å²) in [4.78, 5) is 9.06. The van der Waals surface area contributed by atoms with Crippen LogP contribution in [0.25, 0.3) is 0 Å². The average molecular weight is 318 g/mol. The Morgan fingerprint density at radius 2 is 0.870 bits per heavy atom. The Hall–Kier alpha value is -2.50. The van der Waals surface area contributed by atoms with Crippen LogP contribution in [0.15, 0.2) is 104 Å². The second-order valence-corrected chi connectivity index (χ2v) is 6.93. The normalized spacial score (nSPS) is 9.61. The SMILES string of the molecule is C=CC=O.c1ccc(P(c2ccccc2)c2ccccc2)cc1. The van der Waals surface area contributed by atoms with Crippen LogP contribution in [0.4, 0.5) is 0 Å². The highest BCUT2D eigenvalue weighted by molar-refractivity contribution is 7.79. The molecule has 0 aliphatic carbocycles. The molecule has 0 heterocycles. The lowest BCUT2D eigenvalue weighted by molar-refractivity contribution is -0.104. The fraction of sp³-hybridized carbons (Fsp3) is 0. The molecular formula is C21H19OP. The van der Waals surface area contributed by atoms with Gasteiger partial charge >= 0.3 is 0 Å². The first kappa shape index (κ1) is 16.9. The van der Waals surface area contributed by atoms with E-state index >= 15 is 0 Å². The van der Waals surface area contributed by atoms with Gasteiger partial charge < -0.3 is 0 Å². The van der Waals surface area contributed by atoms with Crippen molar-refractivity contribution < 1.29 is 4.79 Å². The lowest BCUT2D eigenvalue weighted by atomic mass is 10.4. The smallest absolute Gasteiger partial charge is 0.142 e. The van der Waals surface area contributed by atoms with E-state index < -0.39 is 7.92 Å². The lowest BCUT2D eigenvalue weighted by Crippen LogP contribution is -2.20. The molecule has 0 aliphatic rings. The summed E-state index contributed by atoms with van der Waals surface area (Å²) >= 11 is 0. The summed E-state index contributed by atoms with van der Waals surface area (Å²) in [5.74, 6) is 0. The van der Waals surface area contributed by atoms with Crippen molar-refractivity contribution in [2.45, 2.75) is 0 Å². The number of carbonyl (C=O) groups is 1. The maximum absolute atomic E-state index is 9.06. The van der Waals surface area contributed by atoms with Gasteiger partial charge in [-0.1, -0.05) is 97.6 Å². The average Bonchev–Trinajstić information content (AvgIpc) is 2.65. The number of hydrogen-bond acceptors (Lipinski definition) is 1. The summed E-state index contributed by atoms with van der Waals surface area (Å²) in [6.45, 7) is 3.11. The van der Waals surface area contributed by atoms with Crippen molar-refractivity contribution in [1.29, 1.82) is 0 Å². The molecule has 3 aromatic carbocycles. The Morgan fingerprint density at radius 1 is 0.609 bits per heavy atom. The minimum atomic E-state index is -0.446. The van der Waals surface area contributed by atoms with Gasteiger partial charge in [0.1, 0.15) is 6.29 Å². The molecule has 0 aromatic heterocycles. The Labute approximate surface area is 139 Å². The number of carbonyl (C=O) groups excluding carboxylic acids is 1.